The molecule has 3 aromatic rings. The van der Waals surface area contributed by atoms with Gasteiger partial charge in [-0.15, -0.1) is 11.3 Å². The number of benzene rings is 1. The van der Waals surface area contributed by atoms with Crippen molar-refractivity contribution >= 4 is 34.7 Å². The van der Waals surface area contributed by atoms with Gasteiger partial charge < -0.3 is 5.32 Å². The summed E-state index contributed by atoms with van der Waals surface area (Å²) in [6.07, 6.45) is 3.00. The maximum Gasteiger partial charge on any atom is 0.225 e. The molecule has 0 fully saturated rings. The Morgan fingerprint density at radius 1 is 1.16 bits per heavy atom. The second-order valence-electron chi connectivity index (χ2n) is 5.48. The molecule has 0 saturated carbocycles. The van der Waals surface area contributed by atoms with Crippen molar-refractivity contribution < 1.29 is 4.79 Å². The number of rotatable bonds is 5. The smallest absolute Gasteiger partial charge is 0.225 e. The summed E-state index contributed by atoms with van der Waals surface area (Å²) in [5, 5.41) is 4.57. The van der Waals surface area contributed by atoms with Gasteiger partial charge in [-0.05, 0) is 36.2 Å². The van der Waals surface area contributed by atoms with Crippen LogP contribution < -0.4 is 5.32 Å². The highest BCUT2D eigenvalue weighted by atomic mass is 35.5. The lowest BCUT2D eigenvalue weighted by Crippen LogP contribution is -2.10. The molecule has 2 heterocycles. The fraction of sp³-hybridized carbons (Fsp3) is 0.211. The third-order valence-corrected chi connectivity index (χ3v) is 5.20. The first-order valence-electron chi connectivity index (χ1n) is 8.12. The number of halogens is 1. The number of pyridine rings is 1. The van der Waals surface area contributed by atoms with Gasteiger partial charge in [0.2, 0.25) is 5.91 Å². The molecule has 1 N–H and O–H groups in total. The minimum atomic E-state index is -0.0545. The average molecular weight is 372 g/mol. The summed E-state index contributed by atoms with van der Waals surface area (Å²) in [5.74, 6) is 0.499. The van der Waals surface area contributed by atoms with Crippen LogP contribution in [0.25, 0.3) is 21.7 Å². The summed E-state index contributed by atoms with van der Waals surface area (Å²) in [7, 11) is 0. The van der Waals surface area contributed by atoms with Gasteiger partial charge in [-0.3, -0.25) is 4.79 Å². The number of hydrogen-bond acceptors (Lipinski definition) is 4. The van der Waals surface area contributed by atoms with E-state index in [0.717, 1.165) is 33.1 Å². The molecule has 0 aliphatic carbocycles. The third kappa shape index (κ3) is 4.06. The molecule has 0 radical (unpaired) electrons. The van der Waals surface area contributed by atoms with Crippen LogP contribution in [0.15, 0.2) is 42.6 Å². The molecule has 128 valence electrons. The Labute approximate surface area is 155 Å². The molecule has 2 aromatic heterocycles. The highest BCUT2D eigenvalue weighted by molar-refractivity contribution is 7.15. The van der Waals surface area contributed by atoms with Crippen LogP contribution in [0.3, 0.4) is 0 Å². The number of hydrogen-bond donors (Lipinski definition) is 1. The first-order valence-corrected chi connectivity index (χ1v) is 9.32. The predicted octanol–water partition coefficient (Wildman–Crippen LogP) is 5.44. The summed E-state index contributed by atoms with van der Waals surface area (Å²) in [4.78, 5) is 21.7. The van der Waals surface area contributed by atoms with Crippen molar-refractivity contribution in [2.75, 3.05) is 5.32 Å². The molecule has 6 heteroatoms. The number of aryl methyl sites for hydroxylation is 1. The summed E-state index contributed by atoms with van der Waals surface area (Å²) in [6.45, 7) is 3.91. The summed E-state index contributed by atoms with van der Waals surface area (Å²) in [5.41, 5.74) is 2.94. The van der Waals surface area contributed by atoms with Gasteiger partial charge in [0.1, 0.15) is 5.82 Å². The van der Waals surface area contributed by atoms with E-state index in [2.05, 4.69) is 17.2 Å². The van der Waals surface area contributed by atoms with Crippen molar-refractivity contribution in [2.45, 2.75) is 26.7 Å². The Bertz CT molecular complexity index is 890. The Kier molecular flexibility index (Phi) is 5.46. The number of thiazole rings is 1. The van der Waals surface area contributed by atoms with E-state index in [1.807, 2.05) is 43.3 Å². The van der Waals surface area contributed by atoms with E-state index in [1.165, 1.54) is 0 Å². The average Bonchev–Trinajstić information content (AvgIpc) is 3.07. The first-order chi connectivity index (χ1) is 12.1. The van der Waals surface area contributed by atoms with E-state index >= 15 is 0 Å². The SMILES string of the molecule is CCC(=O)Nc1cc(-c2sc(CC)nc2-c2ccc(Cl)cc2)ccn1. The van der Waals surface area contributed by atoms with Gasteiger partial charge in [0, 0.05) is 23.2 Å². The molecule has 1 aromatic carbocycles. The second kappa shape index (κ2) is 7.76. The lowest BCUT2D eigenvalue weighted by Gasteiger charge is -2.06. The Morgan fingerprint density at radius 2 is 1.92 bits per heavy atom. The fourth-order valence-electron chi connectivity index (χ4n) is 2.39. The number of amides is 1. The molecule has 0 saturated heterocycles. The van der Waals surface area contributed by atoms with E-state index in [-0.39, 0.29) is 5.91 Å². The number of nitrogens with zero attached hydrogens (tertiary/aromatic N) is 2. The lowest BCUT2D eigenvalue weighted by atomic mass is 10.1. The second-order valence-corrected chi connectivity index (χ2v) is 7.00. The molecule has 4 nitrogen and oxygen atoms in total. The zero-order chi connectivity index (χ0) is 17.8. The largest absolute Gasteiger partial charge is 0.311 e. The zero-order valence-electron chi connectivity index (χ0n) is 14.0. The molecule has 0 atom stereocenters. The van der Waals surface area contributed by atoms with Crippen molar-refractivity contribution in [1.29, 1.82) is 0 Å². The van der Waals surface area contributed by atoms with Crippen LogP contribution in [0.1, 0.15) is 25.3 Å². The topological polar surface area (TPSA) is 54.9 Å². The van der Waals surface area contributed by atoms with Crippen LogP contribution >= 0.6 is 22.9 Å². The van der Waals surface area contributed by atoms with E-state index in [1.54, 1.807) is 17.5 Å². The molecular formula is C19H18ClN3OS. The maximum absolute atomic E-state index is 11.6. The van der Waals surface area contributed by atoms with Crippen LogP contribution in [0.5, 0.6) is 0 Å². The maximum atomic E-state index is 11.6. The molecule has 0 bridgehead atoms. The number of nitrogens with one attached hydrogen (secondary N) is 1. The molecule has 1 amide bonds. The van der Waals surface area contributed by atoms with Crippen LogP contribution in [-0.2, 0) is 11.2 Å². The molecule has 3 rings (SSSR count). The van der Waals surface area contributed by atoms with Gasteiger partial charge in [-0.2, -0.15) is 0 Å². The Hall–Kier alpha value is -2.24. The van der Waals surface area contributed by atoms with Crippen LogP contribution in [-0.4, -0.2) is 15.9 Å². The molecule has 0 aliphatic heterocycles. The quantitative estimate of drug-likeness (QED) is 0.650. The highest BCUT2D eigenvalue weighted by Gasteiger charge is 2.15. The summed E-state index contributed by atoms with van der Waals surface area (Å²) in [6, 6.07) is 11.5. The van der Waals surface area contributed by atoms with Gasteiger partial charge in [0.05, 0.1) is 15.6 Å². The minimum Gasteiger partial charge on any atom is -0.311 e. The van der Waals surface area contributed by atoms with Crippen LogP contribution in [0.4, 0.5) is 5.82 Å². The molecule has 0 unspecified atom stereocenters. The number of anilines is 1. The van der Waals surface area contributed by atoms with Gasteiger partial charge in [0.25, 0.3) is 0 Å². The van der Waals surface area contributed by atoms with Gasteiger partial charge in [-0.1, -0.05) is 37.6 Å². The van der Waals surface area contributed by atoms with Gasteiger partial charge >= 0.3 is 0 Å². The van der Waals surface area contributed by atoms with E-state index in [0.29, 0.717) is 17.3 Å². The van der Waals surface area contributed by atoms with Crippen LogP contribution in [0, 0.1) is 0 Å². The number of carbonyl (C=O) groups excluding carboxylic acids is 1. The summed E-state index contributed by atoms with van der Waals surface area (Å²) < 4.78 is 0. The zero-order valence-corrected chi connectivity index (χ0v) is 15.6. The Balaban J connectivity index is 2.05. The lowest BCUT2D eigenvalue weighted by molar-refractivity contribution is -0.115. The monoisotopic (exact) mass is 371 g/mol. The molecule has 25 heavy (non-hydrogen) atoms. The first kappa shape index (κ1) is 17.6. The predicted molar refractivity (Wildman–Crippen MR) is 104 cm³/mol. The van der Waals surface area contributed by atoms with E-state index < -0.39 is 0 Å². The van der Waals surface area contributed by atoms with Gasteiger partial charge in [-0.25, -0.2) is 9.97 Å². The number of carbonyl (C=O) groups is 1. The van der Waals surface area contributed by atoms with Crippen LogP contribution in [0.2, 0.25) is 5.02 Å². The van der Waals surface area contributed by atoms with Crippen molar-refractivity contribution in [3.05, 3.63) is 52.6 Å². The molecular weight excluding hydrogens is 354 g/mol. The molecule has 0 aliphatic rings. The van der Waals surface area contributed by atoms with E-state index in [9.17, 15) is 4.79 Å². The summed E-state index contributed by atoms with van der Waals surface area (Å²) >= 11 is 7.67. The van der Waals surface area contributed by atoms with Crippen molar-refractivity contribution in [3.63, 3.8) is 0 Å². The normalized spacial score (nSPS) is 10.7. The fourth-order valence-corrected chi connectivity index (χ4v) is 3.53. The molecule has 0 spiro atoms. The van der Waals surface area contributed by atoms with Gasteiger partial charge in [0.15, 0.2) is 0 Å². The minimum absolute atomic E-state index is 0.0545. The van der Waals surface area contributed by atoms with Crippen molar-refractivity contribution in [1.82, 2.24) is 9.97 Å². The third-order valence-electron chi connectivity index (χ3n) is 3.70. The van der Waals surface area contributed by atoms with E-state index in [4.69, 9.17) is 16.6 Å². The van der Waals surface area contributed by atoms with Crippen molar-refractivity contribution in [2.24, 2.45) is 0 Å². The van der Waals surface area contributed by atoms with Crippen molar-refractivity contribution in [3.8, 4) is 21.7 Å². The highest BCUT2D eigenvalue weighted by Crippen LogP contribution is 2.37. The number of aromatic nitrogens is 2. The standard InChI is InChI=1S/C19H18ClN3OS/c1-3-16(24)22-15-11-13(9-10-21-15)19-18(23-17(4-2)25-19)12-5-7-14(20)8-6-12/h5-11H,3-4H2,1-2H3,(H,21,22,24). The Morgan fingerprint density at radius 3 is 2.60 bits per heavy atom.